The van der Waals surface area contributed by atoms with E-state index in [2.05, 4.69) is 15.6 Å². The van der Waals surface area contributed by atoms with E-state index in [0.29, 0.717) is 30.0 Å². The maximum absolute atomic E-state index is 10.4. The number of ether oxygens (including phenoxy) is 1. The number of nitrogens with zero attached hydrogens (tertiary/aromatic N) is 1. The fourth-order valence-corrected chi connectivity index (χ4v) is 5.23. The van der Waals surface area contributed by atoms with E-state index in [4.69, 9.17) is 4.74 Å². The maximum Gasteiger partial charge on any atom is 0.191 e. The highest BCUT2D eigenvalue weighted by Crippen LogP contribution is 2.60. The predicted molar refractivity (Wildman–Crippen MR) is 114 cm³/mol. The Kier molecular flexibility index (Phi) is 6.45. The van der Waals surface area contributed by atoms with E-state index in [9.17, 15) is 5.11 Å². The summed E-state index contributed by atoms with van der Waals surface area (Å²) in [5.41, 5.74) is 1.22. The topological polar surface area (TPSA) is 65.9 Å². The molecule has 4 unspecified atom stereocenters. The number of fused-ring (bicyclic) bond motifs is 2. The molecule has 0 aromatic heterocycles. The smallest absolute Gasteiger partial charge is 0.191 e. The number of guanidine groups is 1. The third-order valence-electron chi connectivity index (χ3n) is 6.45. The minimum atomic E-state index is -0.538. The quantitative estimate of drug-likeness (QED) is 0.359. The van der Waals surface area contributed by atoms with Crippen molar-refractivity contribution >= 4 is 29.9 Å². The largest absolute Gasteiger partial charge is 0.387 e. The Bertz CT molecular complexity index is 619. The van der Waals surface area contributed by atoms with Crippen molar-refractivity contribution in [1.82, 2.24) is 10.6 Å². The molecule has 2 aliphatic carbocycles. The third kappa shape index (κ3) is 3.47. The number of aliphatic hydroxyl groups is 1. The Balaban J connectivity index is 0.00000196. The molecule has 3 aliphatic rings. The second kappa shape index (κ2) is 8.44. The van der Waals surface area contributed by atoms with Crippen LogP contribution in [0.25, 0.3) is 0 Å². The molecule has 144 valence electrons. The number of hydrogen-bond donors (Lipinski definition) is 3. The predicted octanol–water partition coefficient (Wildman–Crippen LogP) is 2.85. The molecule has 0 radical (unpaired) electrons. The van der Waals surface area contributed by atoms with Gasteiger partial charge in [-0.2, -0.15) is 0 Å². The van der Waals surface area contributed by atoms with Gasteiger partial charge in [0.15, 0.2) is 5.96 Å². The monoisotopic (exact) mass is 471 g/mol. The fourth-order valence-electron chi connectivity index (χ4n) is 5.23. The van der Waals surface area contributed by atoms with Crippen LogP contribution in [0.3, 0.4) is 0 Å². The van der Waals surface area contributed by atoms with Crippen LogP contribution in [-0.2, 0) is 4.74 Å². The first-order valence-electron chi connectivity index (χ1n) is 9.56. The number of benzene rings is 1. The van der Waals surface area contributed by atoms with Gasteiger partial charge >= 0.3 is 0 Å². The van der Waals surface area contributed by atoms with E-state index in [1.165, 1.54) is 25.7 Å². The molecule has 1 spiro atoms. The van der Waals surface area contributed by atoms with Crippen LogP contribution in [0.2, 0.25) is 0 Å². The zero-order chi connectivity index (χ0) is 17.3. The third-order valence-corrected chi connectivity index (χ3v) is 6.45. The van der Waals surface area contributed by atoms with Gasteiger partial charge in [-0.05, 0) is 24.8 Å². The molecule has 2 saturated carbocycles. The summed E-state index contributed by atoms with van der Waals surface area (Å²) in [7, 11) is 1.80. The highest BCUT2D eigenvalue weighted by Gasteiger charge is 2.65. The molecule has 3 fully saturated rings. The first kappa shape index (κ1) is 19.9. The number of aliphatic hydroxyl groups excluding tert-OH is 1. The molecule has 1 saturated heterocycles. The molecule has 1 heterocycles. The standard InChI is InChI=1S/C20H29N3O2.HI/c1-21-19(22-13-16(24)14-7-3-2-4-8-14)23-17-15-9-12-25-18(15)20(17)10-5-6-11-20;/h2-4,7-8,15-18,24H,5-6,9-13H2,1H3,(H2,21,22,23);1H. The van der Waals surface area contributed by atoms with Gasteiger partial charge in [-0.3, -0.25) is 4.99 Å². The minimum absolute atomic E-state index is 0. The van der Waals surface area contributed by atoms with E-state index in [-0.39, 0.29) is 24.0 Å². The van der Waals surface area contributed by atoms with Gasteiger partial charge in [0.25, 0.3) is 0 Å². The molecule has 0 bridgehead atoms. The van der Waals surface area contributed by atoms with Crippen LogP contribution in [0, 0.1) is 11.3 Å². The van der Waals surface area contributed by atoms with Gasteiger partial charge in [0.2, 0.25) is 0 Å². The van der Waals surface area contributed by atoms with Crippen LogP contribution in [0.1, 0.15) is 43.8 Å². The number of rotatable bonds is 4. The summed E-state index contributed by atoms with van der Waals surface area (Å²) in [6.45, 7) is 1.35. The second-order valence-corrected chi connectivity index (χ2v) is 7.69. The summed E-state index contributed by atoms with van der Waals surface area (Å²) in [6, 6.07) is 10.2. The molecular formula is C20H30IN3O2. The van der Waals surface area contributed by atoms with Crippen LogP contribution < -0.4 is 10.6 Å². The Labute approximate surface area is 173 Å². The van der Waals surface area contributed by atoms with Crippen molar-refractivity contribution in [2.45, 2.75) is 50.4 Å². The van der Waals surface area contributed by atoms with Crippen LogP contribution >= 0.6 is 24.0 Å². The lowest BCUT2D eigenvalue weighted by Crippen LogP contribution is -2.69. The van der Waals surface area contributed by atoms with Gasteiger partial charge in [0.05, 0.1) is 12.2 Å². The summed E-state index contributed by atoms with van der Waals surface area (Å²) in [4.78, 5) is 4.39. The molecule has 6 heteroatoms. The minimum Gasteiger partial charge on any atom is -0.387 e. The normalized spacial score (nSPS) is 30.2. The average molecular weight is 471 g/mol. The summed E-state index contributed by atoms with van der Waals surface area (Å²) >= 11 is 0. The second-order valence-electron chi connectivity index (χ2n) is 7.69. The van der Waals surface area contributed by atoms with E-state index < -0.39 is 6.10 Å². The highest BCUT2D eigenvalue weighted by molar-refractivity contribution is 14.0. The first-order chi connectivity index (χ1) is 12.2. The summed E-state index contributed by atoms with van der Waals surface area (Å²) in [6.07, 6.45) is 6.19. The maximum atomic E-state index is 10.4. The fraction of sp³-hybridized carbons (Fsp3) is 0.650. The molecule has 4 atom stereocenters. The van der Waals surface area contributed by atoms with Gasteiger partial charge in [0.1, 0.15) is 0 Å². The van der Waals surface area contributed by atoms with Gasteiger partial charge in [-0.25, -0.2) is 0 Å². The van der Waals surface area contributed by atoms with E-state index in [0.717, 1.165) is 24.6 Å². The lowest BCUT2D eigenvalue weighted by atomic mass is 9.54. The number of halogens is 1. The Morgan fingerprint density at radius 3 is 2.73 bits per heavy atom. The van der Waals surface area contributed by atoms with Crippen molar-refractivity contribution < 1.29 is 9.84 Å². The average Bonchev–Trinajstić information content (AvgIpc) is 3.31. The van der Waals surface area contributed by atoms with Gasteiger partial charge < -0.3 is 20.5 Å². The number of hydrogen-bond acceptors (Lipinski definition) is 3. The summed E-state index contributed by atoms with van der Waals surface area (Å²) < 4.78 is 6.05. The molecule has 26 heavy (non-hydrogen) atoms. The summed E-state index contributed by atoms with van der Waals surface area (Å²) in [5, 5.41) is 17.3. The van der Waals surface area contributed by atoms with Gasteiger partial charge in [0, 0.05) is 37.6 Å². The van der Waals surface area contributed by atoms with Crippen LogP contribution in [0.5, 0.6) is 0 Å². The first-order valence-corrected chi connectivity index (χ1v) is 9.56. The zero-order valence-corrected chi connectivity index (χ0v) is 17.7. The summed E-state index contributed by atoms with van der Waals surface area (Å²) in [5.74, 6) is 1.40. The zero-order valence-electron chi connectivity index (χ0n) is 15.4. The van der Waals surface area contributed by atoms with Crippen LogP contribution in [0.15, 0.2) is 35.3 Å². The van der Waals surface area contributed by atoms with Crippen molar-refractivity contribution in [3.05, 3.63) is 35.9 Å². The van der Waals surface area contributed by atoms with Crippen molar-refractivity contribution in [2.24, 2.45) is 16.3 Å². The molecule has 0 amide bonds. The SMILES string of the molecule is CN=C(NCC(O)c1ccccc1)NC1C2CCOC2C12CCCC2.I. The molecule has 5 nitrogen and oxygen atoms in total. The van der Waals surface area contributed by atoms with E-state index in [1.54, 1.807) is 7.05 Å². The van der Waals surface area contributed by atoms with Crippen molar-refractivity contribution in [3.63, 3.8) is 0 Å². The van der Waals surface area contributed by atoms with E-state index in [1.807, 2.05) is 30.3 Å². The molecule has 3 N–H and O–H groups in total. The van der Waals surface area contributed by atoms with E-state index >= 15 is 0 Å². The lowest BCUT2D eigenvalue weighted by Gasteiger charge is -2.57. The Morgan fingerprint density at radius 2 is 2.04 bits per heavy atom. The van der Waals surface area contributed by atoms with Crippen molar-refractivity contribution in [1.29, 1.82) is 0 Å². The van der Waals surface area contributed by atoms with Crippen LogP contribution in [-0.4, -0.2) is 43.4 Å². The molecule has 1 aromatic rings. The van der Waals surface area contributed by atoms with Crippen LogP contribution in [0.4, 0.5) is 0 Å². The molecule has 4 rings (SSSR count). The number of aliphatic imine (C=N–C) groups is 1. The Hall–Kier alpha value is -0.860. The molecular weight excluding hydrogens is 441 g/mol. The van der Waals surface area contributed by atoms with Crippen molar-refractivity contribution in [3.8, 4) is 0 Å². The lowest BCUT2D eigenvalue weighted by molar-refractivity contribution is -0.125. The molecule has 1 aromatic carbocycles. The Morgan fingerprint density at radius 1 is 1.31 bits per heavy atom. The van der Waals surface area contributed by atoms with Crippen molar-refractivity contribution in [2.75, 3.05) is 20.2 Å². The number of nitrogens with one attached hydrogen (secondary N) is 2. The molecule has 1 aliphatic heterocycles. The van der Waals surface area contributed by atoms with Gasteiger partial charge in [-0.1, -0.05) is 43.2 Å². The van der Waals surface area contributed by atoms with Gasteiger partial charge in [-0.15, -0.1) is 24.0 Å². The highest BCUT2D eigenvalue weighted by atomic mass is 127.